The minimum Gasteiger partial charge on any atom is -0.396 e. The third-order valence-corrected chi connectivity index (χ3v) is 2.42. The van der Waals surface area contributed by atoms with Gasteiger partial charge < -0.3 is 16.8 Å². The number of hydrogen-bond acceptors (Lipinski definition) is 5. The summed E-state index contributed by atoms with van der Waals surface area (Å²) in [4.78, 5) is 26.5. The highest BCUT2D eigenvalue weighted by Crippen LogP contribution is 2.14. The molecule has 8 heteroatoms. The maximum atomic E-state index is 11.4. The summed E-state index contributed by atoms with van der Waals surface area (Å²) in [5.74, 6) is -0.755. The van der Waals surface area contributed by atoms with Crippen molar-refractivity contribution >= 4 is 17.5 Å². The molecular weight excluding hydrogens is 248 g/mol. The maximum absolute atomic E-state index is 11.4. The van der Waals surface area contributed by atoms with Crippen LogP contribution < -0.4 is 16.8 Å². The number of anilines is 1. The first-order valence-corrected chi connectivity index (χ1v) is 5.37. The lowest BCUT2D eigenvalue weighted by Gasteiger charge is -2.05. The summed E-state index contributed by atoms with van der Waals surface area (Å²) < 4.78 is 1.31. The van der Waals surface area contributed by atoms with E-state index in [1.54, 1.807) is 0 Å². The summed E-state index contributed by atoms with van der Waals surface area (Å²) in [6, 6.07) is 4.44. The van der Waals surface area contributed by atoms with E-state index >= 15 is 0 Å². The number of carbonyl (C=O) groups excluding carboxylic acids is 2. The minimum atomic E-state index is -0.667. The van der Waals surface area contributed by atoms with Gasteiger partial charge in [-0.1, -0.05) is 0 Å². The van der Waals surface area contributed by atoms with E-state index < -0.39 is 5.91 Å². The summed E-state index contributed by atoms with van der Waals surface area (Å²) in [7, 11) is 1.50. The van der Waals surface area contributed by atoms with Crippen molar-refractivity contribution in [3.8, 4) is 5.82 Å². The Bertz CT molecular complexity index is 648. The largest absolute Gasteiger partial charge is 0.396 e. The number of aromatic nitrogens is 3. The van der Waals surface area contributed by atoms with Crippen LogP contribution in [0.5, 0.6) is 0 Å². The smallest absolute Gasteiger partial charge is 0.271 e. The number of rotatable bonds is 3. The molecule has 0 atom stereocenters. The third-order valence-electron chi connectivity index (χ3n) is 2.42. The van der Waals surface area contributed by atoms with Crippen molar-refractivity contribution in [3.63, 3.8) is 0 Å². The van der Waals surface area contributed by atoms with E-state index in [0.717, 1.165) is 0 Å². The van der Waals surface area contributed by atoms with Crippen molar-refractivity contribution in [3.05, 3.63) is 35.8 Å². The number of carbonyl (C=O) groups is 2. The Kier molecular flexibility index (Phi) is 3.15. The van der Waals surface area contributed by atoms with Crippen LogP contribution in [0.25, 0.3) is 5.82 Å². The highest BCUT2D eigenvalue weighted by molar-refractivity contribution is 5.92. The van der Waals surface area contributed by atoms with Crippen LogP contribution in [0.2, 0.25) is 0 Å². The molecule has 0 aliphatic rings. The van der Waals surface area contributed by atoms with Gasteiger partial charge in [0.2, 0.25) is 0 Å². The van der Waals surface area contributed by atoms with E-state index in [4.69, 9.17) is 11.5 Å². The Labute approximate surface area is 108 Å². The molecule has 2 aromatic heterocycles. The fourth-order valence-corrected chi connectivity index (χ4v) is 1.47. The van der Waals surface area contributed by atoms with Gasteiger partial charge in [0, 0.05) is 13.2 Å². The van der Waals surface area contributed by atoms with Crippen LogP contribution in [0.4, 0.5) is 5.69 Å². The van der Waals surface area contributed by atoms with Gasteiger partial charge >= 0.3 is 0 Å². The van der Waals surface area contributed by atoms with E-state index in [2.05, 4.69) is 15.4 Å². The molecular formula is C11H12N6O2. The van der Waals surface area contributed by atoms with Gasteiger partial charge in [0.05, 0.1) is 5.69 Å². The number of amides is 2. The van der Waals surface area contributed by atoms with Gasteiger partial charge in [-0.15, -0.1) is 0 Å². The molecule has 2 aromatic rings. The van der Waals surface area contributed by atoms with Crippen LogP contribution in [0.15, 0.2) is 24.4 Å². The number of hydrogen-bond donors (Lipinski definition) is 3. The van der Waals surface area contributed by atoms with E-state index in [1.807, 2.05) is 0 Å². The van der Waals surface area contributed by atoms with Gasteiger partial charge in [0.15, 0.2) is 11.5 Å². The maximum Gasteiger partial charge on any atom is 0.271 e. The lowest BCUT2D eigenvalue weighted by molar-refractivity contribution is 0.0955. The van der Waals surface area contributed by atoms with E-state index in [9.17, 15) is 9.59 Å². The zero-order chi connectivity index (χ0) is 14.0. The molecule has 0 unspecified atom stereocenters. The Morgan fingerprint density at radius 2 is 2.00 bits per heavy atom. The van der Waals surface area contributed by atoms with E-state index in [1.165, 1.54) is 36.1 Å². The minimum absolute atomic E-state index is 0.0705. The van der Waals surface area contributed by atoms with Crippen molar-refractivity contribution in [1.29, 1.82) is 0 Å². The normalized spacial score (nSPS) is 10.2. The monoisotopic (exact) mass is 260 g/mol. The van der Waals surface area contributed by atoms with Crippen LogP contribution in [0, 0.1) is 0 Å². The first-order valence-electron chi connectivity index (χ1n) is 5.37. The number of nitrogen functional groups attached to an aromatic ring is 1. The Balaban J connectivity index is 2.46. The molecule has 0 aliphatic carbocycles. The molecule has 8 nitrogen and oxygen atoms in total. The van der Waals surface area contributed by atoms with Crippen LogP contribution in [-0.2, 0) is 0 Å². The molecule has 2 amide bonds. The molecule has 2 rings (SSSR count). The van der Waals surface area contributed by atoms with Crippen LogP contribution in [0.3, 0.4) is 0 Å². The summed E-state index contributed by atoms with van der Waals surface area (Å²) in [5.41, 5.74) is 11.5. The molecule has 0 radical (unpaired) electrons. The lowest BCUT2D eigenvalue weighted by Crippen LogP contribution is -2.19. The Morgan fingerprint density at radius 1 is 1.26 bits per heavy atom. The number of nitrogens with zero attached hydrogens (tertiary/aromatic N) is 3. The second-order valence-electron chi connectivity index (χ2n) is 3.70. The molecule has 0 saturated carbocycles. The fourth-order valence-electron chi connectivity index (χ4n) is 1.47. The van der Waals surface area contributed by atoms with Gasteiger partial charge in [0.1, 0.15) is 5.69 Å². The van der Waals surface area contributed by atoms with Gasteiger partial charge in [-0.05, 0) is 18.2 Å². The van der Waals surface area contributed by atoms with Gasteiger partial charge in [-0.25, -0.2) is 9.67 Å². The fraction of sp³-hybridized carbons (Fsp3) is 0.0909. The van der Waals surface area contributed by atoms with Crippen molar-refractivity contribution < 1.29 is 9.59 Å². The zero-order valence-electron chi connectivity index (χ0n) is 10.1. The zero-order valence-corrected chi connectivity index (χ0v) is 10.1. The molecule has 0 aromatic carbocycles. The summed E-state index contributed by atoms with van der Waals surface area (Å²) in [6.45, 7) is 0. The molecule has 0 aliphatic heterocycles. The van der Waals surface area contributed by atoms with Gasteiger partial charge in [-0.3, -0.25) is 9.59 Å². The predicted octanol–water partition coefficient (Wildman–Crippen LogP) is -0.692. The Hall–Kier alpha value is -2.90. The topological polar surface area (TPSA) is 129 Å². The standard InChI is InChI=1S/C11H12N6O2/c1-14-11(19)8-4-5-17(16-8)10-6(12)2-3-7(15-10)9(13)18/h2-5H,12H2,1H3,(H2,13,18)(H,14,19). The van der Waals surface area contributed by atoms with Gasteiger partial charge in [0.25, 0.3) is 11.8 Å². The molecule has 19 heavy (non-hydrogen) atoms. The quantitative estimate of drug-likeness (QED) is 0.672. The van der Waals surface area contributed by atoms with Crippen molar-refractivity contribution in [2.24, 2.45) is 5.73 Å². The third kappa shape index (κ3) is 2.37. The summed E-state index contributed by atoms with van der Waals surface area (Å²) >= 11 is 0. The van der Waals surface area contributed by atoms with Crippen LogP contribution in [0.1, 0.15) is 21.0 Å². The molecule has 0 bridgehead atoms. The van der Waals surface area contributed by atoms with Crippen LogP contribution in [-0.4, -0.2) is 33.6 Å². The first kappa shape index (κ1) is 12.6. The van der Waals surface area contributed by atoms with Gasteiger partial charge in [-0.2, -0.15) is 5.10 Å². The number of nitrogens with one attached hydrogen (secondary N) is 1. The van der Waals surface area contributed by atoms with Crippen LogP contribution >= 0.6 is 0 Å². The molecule has 0 saturated heterocycles. The van der Waals surface area contributed by atoms with E-state index in [0.29, 0.717) is 5.69 Å². The second-order valence-corrected chi connectivity index (χ2v) is 3.70. The molecule has 5 N–H and O–H groups in total. The molecule has 0 spiro atoms. The second kappa shape index (κ2) is 4.77. The SMILES string of the molecule is CNC(=O)c1ccn(-c2nc(C(N)=O)ccc2N)n1. The lowest BCUT2D eigenvalue weighted by atomic mass is 10.3. The first-order chi connectivity index (χ1) is 9.02. The van der Waals surface area contributed by atoms with Crippen molar-refractivity contribution in [1.82, 2.24) is 20.1 Å². The number of primary amides is 1. The van der Waals surface area contributed by atoms with Crippen molar-refractivity contribution in [2.75, 3.05) is 12.8 Å². The summed E-state index contributed by atoms with van der Waals surface area (Å²) in [5, 5.41) is 6.47. The number of nitrogens with two attached hydrogens (primary N) is 2. The molecule has 0 fully saturated rings. The molecule has 2 heterocycles. The highest BCUT2D eigenvalue weighted by Gasteiger charge is 2.12. The number of pyridine rings is 1. The predicted molar refractivity (Wildman–Crippen MR) is 67.7 cm³/mol. The average Bonchev–Trinajstić information content (AvgIpc) is 2.87. The average molecular weight is 260 g/mol. The van der Waals surface area contributed by atoms with Crippen molar-refractivity contribution in [2.45, 2.75) is 0 Å². The summed E-state index contributed by atoms with van der Waals surface area (Å²) in [6.07, 6.45) is 1.52. The highest BCUT2D eigenvalue weighted by atomic mass is 16.2. The van der Waals surface area contributed by atoms with E-state index in [-0.39, 0.29) is 23.1 Å². The Morgan fingerprint density at radius 3 is 2.63 bits per heavy atom. The molecule has 98 valence electrons.